The van der Waals surface area contributed by atoms with Crippen molar-refractivity contribution in [2.75, 3.05) is 6.61 Å². The minimum Gasteiger partial charge on any atom is -0.319 e. The summed E-state index contributed by atoms with van der Waals surface area (Å²) >= 11 is 0. The quantitative estimate of drug-likeness (QED) is 0.432. The smallest absolute Gasteiger partial charge is 0.319 e. The molecular weight excluding hydrogens is 214 g/mol. The molecule has 10 heteroatoms. The molecule has 0 aliphatic heterocycles. The van der Waals surface area contributed by atoms with Crippen molar-refractivity contribution in [3.63, 3.8) is 0 Å². The van der Waals surface area contributed by atoms with Crippen LogP contribution in [-0.2, 0) is 18.4 Å². The third kappa shape index (κ3) is 5.56. The molecule has 72 valence electrons. The highest BCUT2D eigenvalue weighted by atomic mass is 31.2. The van der Waals surface area contributed by atoms with E-state index in [1.807, 2.05) is 0 Å². The van der Waals surface area contributed by atoms with Crippen molar-refractivity contribution in [1.29, 1.82) is 0 Å². The summed E-state index contributed by atoms with van der Waals surface area (Å²) in [7, 11) is -9.80. The van der Waals surface area contributed by atoms with Crippen LogP contribution in [0, 0.1) is 0 Å². The van der Waals surface area contributed by atoms with E-state index in [0.29, 0.717) is 0 Å². The zero-order valence-electron chi connectivity index (χ0n) is 5.52. The maximum Gasteiger partial charge on any atom is 0.470 e. The van der Waals surface area contributed by atoms with Gasteiger partial charge in [0.1, 0.15) is 6.61 Å². The van der Waals surface area contributed by atoms with Crippen molar-refractivity contribution in [1.82, 2.24) is 0 Å². The molecule has 4 N–H and O–H groups in total. The van der Waals surface area contributed by atoms with Crippen LogP contribution < -0.4 is 0 Å². The van der Waals surface area contributed by atoms with Gasteiger partial charge in [-0.1, -0.05) is 0 Å². The molecule has 0 saturated carbocycles. The molecule has 0 bridgehead atoms. The van der Waals surface area contributed by atoms with Crippen molar-refractivity contribution in [3.8, 4) is 0 Å². The van der Waals surface area contributed by atoms with Gasteiger partial charge in [-0.15, -0.1) is 0 Å². The minimum atomic E-state index is -4.95. The molecule has 0 aliphatic rings. The Labute approximate surface area is 66.6 Å². The SMILES string of the molecule is O=C(COP(=O)(O)O)P(=O)(O)O. The fourth-order valence-corrected chi connectivity index (χ4v) is 0.843. The molecule has 0 rings (SSSR count). The fourth-order valence-electron chi connectivity index (χ4n) is 0.223. The van der Waals surface area contributed by atoms with Gasteiger partial charge >= 0.3 is 15.4 Å². The van der Waals surface area contributed by atoms with Crippen LogP contribution in [-0.4, -0.2) is 31.7 Å². The lowest BCUT2D eigenvalue weighted by Crippen LogP contribution is -2.07. The first-order valence-corrected chi connectivity index (χ1v) is 5.56. The average Bonchev–Trinajstić information content (AvgIpc) is 1.78. The maximum atomic E-state index is 10.3. The molecule has 0 aromatic carbocycles. The van der Waals surface area contributed by atoms with Crippen molar-refractivity contribution < 1.29 is 38.0 Å². The van der Waals surface area contributed by atoms with Crippen LogP contribution in [0.25, 0.3) is 0 Å². The molecule has 0 aliphatic carbocycles. The van der Waals surface area contributed by atoms with Gasteiger partial charge in [0.2, 0.25) is 0 Å². The topological polar surface area (TPSA) is 141 Å². The molecule has 0 aromatic rings. The summed E-state index contributed by atoms with van der Waals surface area (Å²) in [5.74, 6) is 0. The molecule has 0 fully saturated rings. The molecule has 0 amide bonds. The Kier molecular flexibility index (Phi) is 3.74. The first-order valence-electron chi connectivity index (χ1n) is 2.42. The molecule has 0 saturated heterocycles. The molecule has 12 heavy (non-hydrogen) atoms. The molecule has 0 unspecified atom stereocenters. The second-order valence-corrected chi connectivity index (χ2v) is 4.53. The number of phosphoric ester groups is 1. The number of hydrogen-bond donors (Lipinski definition) is 4. The number of carbonyl (C=O) groups excluding carboxylic acids is 1. The highest BCUT2D eigenvalue weighted by Gasteiger charge is 2.28. The minimum absolute atomic E-state index is 1.31. The van der Waals surface area contributed by atoms with Crippen molar-refractivity contribution in [2.24, 2.45) is 0 Å². The molecule has 0 aromatic heterocycles. The lowest BCUT2D eigenvalue weighted by atomic mass is 10.8. The van der Waals surface area contributed by atoms with Crippen LogP contribution in [0.1, 0.15) is 0 Å². The normalized spacial score (nSPS) is 13.0. The monoisotopic (exact) mass is 220 g/mol. The Morgan fingerprint density at radius 1 is 1.17 bits per heavy atom. The predicted octanol–water partition coefficient (Wildman–Crippen LogP) is -1.20. The number of hydrogen-bond acceptors (Lipinski definition) is 4. The van der Waals surface area contributed by atoms with E-state index in [0.717, 1.165) is 0 Å². The van der Waals surface area contributed by atoms with Crippen molar-refractivity contribution >= 4 is 20.9 Å². The summed E-state index contributed by atoms with van der Waals surface area (Å²) < 4.78 is 23.5. The second kappa shape index (κ2) is 3.76. The van der Waals surface area contributed by atoms with Gasteiger partial charge in [-0.3, -0.25) is 13.9 Å². The van der Waals surface area contributed by atoms with Gasteiger partial charge in [-0.05, 0) is 0 Å². The van der Waals surface area contributed by atoms with Gasteiger partial charge in [0.05, 0.1) is 0 Å². The summed E-state index contributed by atoms with van der Waals surface area (Å²) in [6, 6.07) is 0. The van der Waals surface area contributed by atoms with Gasteiger partial charge < -0.3 is 19.6 Å². The van der Waals surface area contributed by atoms with Crippen LogP contribution in [0.5, 0.6) is 0 Å². The average molecular weight is 220 g/mol. The maximum absolute atomic E-state index is 10.3. The number of phosphoric acid groups is 1. The van der Waals surface area contributed by atoms with Crippen LogP contribution in [0.3, 0.4) is 0 Å². The largest absolute Gasteiger partial charge is 0.470 e. The highest BCUT2D eigenvalue weighted by Crippen LogP contribution is 2.40. The fraction of sp³-hybridized carbons (Fsp3) is 0.500. The summed E-state index contributed by atoms with van der Waals surface area (Å²) in [6.07, 6.45) is 0. The summed E-state index contributed by atoms with van der Waals surface area (Å²) in [6.45, 7) is -1.31. The van der Waals surface area contributed by atoms with E-state index in [-0.39, 0.29) is 0 Å². The molecule has 0 radical (unpaired) electrons. The van der Waals surface area contributed by atoms with Gasteiger partial charge in [0.25, 0.3) is 5.52 Å². The predicted molar refractivity (Wildman–Crippen MR) is 35.0 cm³/mol. The molecule has 0 heterocycles. The lowest BCUT2D eigenvalue weighted by Gasteiger charge is -2.04. The Morgan fingerprint density at radius 2 is 1.58 bits per heavy atom. The van der Waals surface area contributed by atoms with Gasteiger partial charge in [0, 0.05) is 0 Å². The third-order valence-electron chi connectivity index (χ3n) is 0.681. The highest BCUT2D eigenvalue weighted by molar-refractivity contribution is 7.70. The van der Waals surface area contributed by atoms with E-state index in [9.17, 15) is 13.9 Å². The second-order valence-electron chi connectivity index (χ2n) is 1.70. The van der Waals surface area contributed by atoms with E-state index in [1.165, 1.54) is 0 Å². The van der Waals surface area contributed by atoms with E-state index < -0.39 is 27.5 Å². The molecule has 0 spiro atoms. The lowest BCUT2D eigenvalue weighted by molar-refractivity contribution is -0.115. The molecule has 0 atom stereocenters. The van der Waals surface area contributed by atoms with E-state index >= 15 is 0 Å². The van der Waals surface area contributed by atoms with Gasteiger partial charge in [-0.2, -0.15) is 0 Å². The van der Waals surface area contributed by atoms with E-state index in [2.05, 4.69) is 4.52 Å². The first kappa shape index (κ1) is 11.9. The Hall–Kier alpha value is -0.0700. The molecule has 8 nitrogen and oxygen atoms in total. The molecular formula is C2H6O8P2. The van der Waals surface area contributed by atoms with Crippen LogP contribution in [0.15, 0.2) is 0 Å². The Balaban J connectivity index is 4.07. The first-order chi connectivity index (χ1) is 5.13. The van der Waals surface area contributed by atoms with Crippen LogP contribution in [0.2, 0.25) is 0 Å². The van der Waals surface area contributed by atoms with Gasteiger partial charge in [-0.25, -0.2) is 4.57 Å². The number of carbonyl (C=O) groups is 1. The zero-order chi connectivity index (χ0) is 9.99. The number of rotatable bonds is 4. The van der Waals surface area contributed by atoms with E-state index in [4.69, 9.17) is 19.6 Å². The summed E-state index contributed by atoms with van der Waals surface area (Å²) in [5.41, 5.74) is -1.68. The Bertz CT molecular complexity index is 256. The van der Waals surface area contributed by atoms with Crippen LogP contribution in [0.4, 0.5) is 0 Å². The summed E-state index contributed by atoms with van der Waals surface area (Å²) in [5, 5.41) is 0. The zero-order valence-corrected chi connectivity index (χ0v) is 7.31. The van der Waals surface area contributed by atoms with Crippen LogP contribution >= 0.6 is 15.4 Å². The summed E-state index contributed by atoms with van der Waals surface area (Å²) in [4.78, 5) is 42.5. The van der Waals surface area contributed by atoms with Crippen molar-refractivity contribution in [2.45, 2.75) is 0 Å². The van der Waals surface area contributed by atoms with Crippen molar-refractivity contribution in [3.05, 3.63) is 0 Å². The standard InChI is InChI=1S/C2H6O8P2/c3-2(11(4,5)6)1-10-12(7,8)9/h1H2,(H2,4,5,6)(H2,7,8,9). The van der Waals surface area contributed by atoms with E-state index in [1.54, 1.807) is 0 Å². The Morgan fingerprint density at radius 3 is 1.83 bits per heavy atom. The van der Waals surface area contributed by atoms with Gasteiger partial charge in [0.15, 0.2) is 0 Å². The third-order valence-corrected chi connectivity index (χ3v) is 1.93.